The van der Waals surface area contributed by atoms with Gasteiger partial charge in [-0.3, -0.25) is 9.69 Å². The minimum absolute atomic E-state index is 0.194. The van der Waals surface area contributed by atoms with Gasteiger partial charge < -0.3 is 9.16 Å². The molecule has 3 fully saturated rings. The number of rotatable bonds is 7. The zero-order chi connectivity index (χ0) is 22.6. The van der Waals surface area contributed by atoms with Gasteiger partial charge in [0, 0.05) is 18.0 Å². The van der Waals surface area contributed by atoms with Gasteiger partial charge in [0.15, 0.2) is 8.32 Å². The topological polar surface area (TPSA) is 38.8 Å². The number of benzene rings is 1. The van der Waals surface area contributed by atoms with Gasteiger partial charge in [0.2, 0.25) is 0 Å². The highest BCUT2D eigenvalue weighted by Crippen LogP contribution is 2.40. The molecule has 0 aliphatic carbocycles. The van der Waals surface area contributed by atoms with Crippen molar-refractivity contribution in [2.45, 2.75) is 64.3 Å². The molecule has 168 valence electrons. The second kappa shape index (κ2) is 9.73. The quantitative estimate of drug-likeness (QED) is 0.266. The lowest BCUT2D eigenvalue weighted by Crippen LogP contribution is -2.62. The summed E-state index contributed by atoms with van der Waals surface area (Å²) in [5.74, 6) is 7.13. The van der Waals surface area contributed by atoms with E-state index in [1.54, 1.807) is 0 Å². The van der Waals surface area contributed by atoms with Crippen LogP contribution in [-0.2, 0) is 20.4 Å². The summed E-state index contributed by atoms with van der Waals surface area (Å²) in [6, 6.07) is 6.12. The third-order valence-corrected chi connectivity index (χ3v) is 7.21. The molecule has 3 heterocycles. The molecule has 0 saturated carbocycles. The molecular formula is C26H37NO3Si. The van der Waals surface area contributed by atoms with Gasteiger partial charge >= 0.3 is 5.97 Å². The molecule has 5 heteroatoms. The van der Waals surface area contributed by atoms with Gasteiger partial charge in [0.05, 0.1) is 12.5 Å². The molecule has 1 aromatic rings. The van der Waals surface area contributed by atoms with Crippen LogP contribution in [0, 0.1) is 17.8 Å². The Kier molecular flexibility index (Phi) is 7.46. The van der Waals surface area contributed by atoms with E-state index < -0.39 is 8.32 Å². The number of hydrogen-bond donors (Lipinski definition) is 0. The van der Waals surface area contributed by atoms with E-state index in [1.807, 2.05) is 32.1 Å². The molecule has 0 aromatic heterocycles. The second-order valence-electron chi connectivity index (χ2n) is 9.79. The number of hydrogen-bond acceptors (Lipinski definition) is 4. The van der Waals surface area contributed by atoms with Crippen molar-refractivity contribution in [3.63, 3.8) is 0 Å². The van der Waals surface area contributed by atoms with E-state index in [0.717, 1.165) is 49.2 Å². The molecule has 2 unspecified atom stereocenters. The minimum atomic E-state index is -1.76. The molecule has 4 rings (SSSR count). The monoisotopic (exact) mass is 439 g/mol. The van der Waals surface area contributed by atoms with Gasteiger partial charge in [-0.05, 0) is 83.0 Å². The van der Waals surface area contributed by atoms with Crippen LogP contribution in [0.25, 0.3) is 0 Å². The van der Waals surface area contributed by atoms with Crippen molar-refractivity contribution < 1.29 is 14.0 Å². The Labute approximate surface area is 189 Å². The lowest BCUT2D eigenvalue weighted by molar-refractivity contribution is -0.144. The van der Waals surface area contributed by atoms with E-state index in [9.17, 15) is 4.79 Å². The second-order valence-corrected chi connectivity index (χ2v) is 14.2. The zero-order valence-corrected chi connectivity index (χ0v) is 20.8. The van der Waals surface area contributed by atoms with Gasteiger partial charge in [-0.2, -0.15) is 0 Å². The first kappa shape index (κ1) is 23.8. The fourth-order valence-corrected chi connectivity index (χ4v) is 6.13. The summed E-state index contributed by atoms with van der Waals surface area (Å²) in [7, 11) is -1.76. The number of fused-ring (bicyclic) bond motifs is 3. The van der Waals surface area contributed by atoms with Crippen LogP contribution in [0.5, 0.6) is 0 Å². The number of allylic oxidation sites excluding steroid dienone is 1. The predicted molar refractivity (Wildman–Crippen MR) is 129 cm³/mol. The summed E-state index contributed by atoms with van der Waals surface area (Å²) in [6.07, 6.45) is 4.93. The van der Waals surface area contributed by atoms with Crippen LogP contribution in [-0.4, -0.2) is 51.0 Å². The van der Waals surface area contributed by atoms with Gasteiger partial charge in [-0.1, -0.05) is 30.0 Å². The fourth-order valence-electron chi connectivity index (χ4n) is 4.75. The lowest BCUT2D eigenvalue weighted by atomic mass is 9.75. The Balaban J connectivity index is 1.95. The summed E-state index contributed by atoms with van der Waals surface area (Å²) >= 11 is 0. The summed E-state index contributed by atoms with van der Waals surface area (Å²) < 4.78 is 12.0. The van der Waals surface area contributed by atoms with Crippen molar-refractivity contribution in [1.82, 2.24) is 4.90 Å². The van der Waals surface area contributed by atoms with E-state index in [4.69, 9.17) is 9.16 Å². The van der Waals surface area contributed by atoms with Crippen LogP contribution in [0.3, 0.4) is 0 Å². The van der Waals surface area contributed by atoms with Crippen molar-refractivity contribution in [2.75, 3.05) is 26.2 Å². The Morgan fingerprint density at radius 2 is 2.06 bits per heavy atom. The third-order valence-electron chi connectivity index (χ3n) is 6.24. The smallest absolute Gasteiger partial charge is 0.313 e. The predicted octanol–water partition coefficient (Wildman–Crippen LogP) is 4.75. The molecule has 0 spiro atoms. The standard InChI is InChI=1S/C26H37NO3Si/c1-7-9-23-18-22(20(3)25(28)29-8-2)11-10-21(23)12-15-26(30-31(4,5)6)19-27-16-13-24(26)14-17-27/h7,10-11,18,20,24H,1,8-9,13-14,16-17,19H2,2-6H3. The Morgan fingerprint density at radius 3 is 2.61 bits per heavy atom. The highest BCUT2D eigenvalue weighted by Gasteiger charge is 2.48. The van der Waals surface area contributed by atoms with Gasteiger partial charge in [0.25, 0.3) is 0 Å². The summed E-state index contributed by atoms with van der Waals surface area (Å²) in [5.41, 5.74) is 2.68. The molecule has 31 heavy (non-hydrogen) atoms. The first-order valence-electron chi connectivity index (χ1n) is 11.5. The first-order chi connectivity index (χ1) is 14.7. The number of ether oxygens (including phenoxy) is 1. The van der Waals surface area contributed by atoms with E-state index in [2.05, 4.69) is 49.0 Å². The van der Waals surface area contributed by atoms with Crippen molar-refractivity contribution in [1.29, 1.82) is 0 Å². The molecule has 3 saturated heterocycles. The molecule has 0 amide bonds. The molecular weight excluding hydrogens is 402 g/mol. The van der Waals surface area contributed by atoms with Gasteiger partial charge in [-0.25, -0.2) is 0 Å². The SMILES string of the molecule is C=CCc1cc(C(C)C(=O)OCC)ccc1C#CC1(O[Si](C)(C)C)CN2CCC1CC2. The van der Waals surface area contributed by atoms with E-state index in [1.165, 1.54) is 0 Å². The highest BCUT2D eigenvalue weighted by atomic mass is 28.4. The van der Waals surface area contributed by atoms with Crippen LogP contribution in [0.1, 0.15) is 49.3 Å². The Morgan fingerprint density at radius 1 is 1.35 bits per heavy atom. The Bertz CT molecular complexity index is 871. The third kappa shape index (κ3) is 5.68. The molecule has 0 radical (unpaired) electrons. The molecule has 3 aliphatic heterocycles. The zero-order valence-electron chi connectivity index (χ0n) is 19.8. The average Bonchev–Trinajstić information content (AvgIpc) is 2.72. The maximum absolute atomic E-state index is 12.2. The maximum Gasteiger partial charge on any atom is 0.313 e. The summed E-state index contributed by atoms with van der Waals surface area (Å²) in [5, 5.41) is 0. The van der Waals surface area contributed by atoms with Crippen LogP contribution in [0.4, 0.5) is 0 Å². The molecule has 0 N–H and O–H groups in total. The van der Waals surface area contributed by atoms with Gasteiger partial charge in [-0.15, -0.1) is 6.58 Å². The molecule has 3 aliphatic rings. The first-order valence-corrected chi connectivity index (χ1v) is 14.9. The van der Waals surface area contributed by atoms with Crippen molar-refractivity contribution >= 4 is 14.3 Å². The number of esters is 1. The Hall–Kier alpha value is -1.87. The summed E-state index contributed by atoms with van der Waals surface area (Å²) in [6.45, 7) is 18.0. The molecule has 4 nitrogen and oxygen atoms in total. The number of carbonyl (C=O) groups is 1. The van der Waals surface area contributed by atoms with Crippen LogP contribution < -0.4 is 0 Å². The maximum atomic E-state index is 12.2. The lowest BCUT2D eigenvalue weighted by Gasteiger charge is -2.52. The van der Waals surface area contributed by atoms with Gasteiger partial charge in [0.1, 0.15) is 5.60 Å². The van der Waals surface area contributed by atoms with Crippen molar-refractivity contribution in [3.8, 4) is 11.8 Å². The number of nitrogens with zero attached hydrogens (tertiary/aromatic N) is 1. The van der Waals surface area contributed by atoms with Crippen molar-refractivity contribution in [2.24, 2.45) is 5.92 Å². The number of piperidine rings is 3. The van der Waals surface area contributed by atoms with Crippen LogP contribution in [0.2, 0.25) is 19.6 Å². The van der Waals surface area contributed by atoms with E-state index in [0.29, 0.717) is 18.9 Å². The van der Waals surface area contributed by atoms with E-state index >= 15 is 0 Å². The van der Waals surface area contributed by atoms with Crippen molar-refractivity contribution in [3.05, 3.63) is 47.5 Å². The highest BCUT2D eigenvalue weighted by molar-refractivity contribution is 6.69. The summed E-state index contributed by atoms with van der Waals surface area (Å²) in [4.78, 5) is 14.7. The fraction of sp³-hybridized carbons (Fsp3) is 0.577. The van der Waals surface area contributed by atoms with E-state index in [-0.39, 0.29) is 17.5 Å². The normalized spacial score (nSPS) is 26.0. The average molecular weight is 440 g/mol. The molecule has 2 atom stereocenters. The van der Waals surface area contributed by atoms with Crippen LogP contribution >= 0.6 is 0 Å². The minimum Gasteiger partial charge on any atom is -0.466 e. The van der Waals surface area contributed by atoms with Crippen LogP contribution in [0.15, 0.2) is 30.9 Å². The largest absolute Gasteiger partial charge is 0.466 e. The molecule has 2 bridgehead atoms. The number of carbonyl (C=O) groups excluding carboxylic acids is 1. The molecule has 1 aromatic carbocycles.